The zero-order chi connectivity index (χ0) is 13.8. The van der Waals surface area contributed by atoms with Gasteiger partial charge in [0.2, 0.25) is 5.24 Å². The van der Waals surface area contributed by atoms with Gasteiger partial charge >= 0.3 is 0 Å². The molecule has 104 valence electrons. The predicted molar refractivity (Wildman–Crippen MR) is 76.7 cm³/mol. The fraction of sp³-hybridized carbons (Fsp3) is 0.600. The number of aromatic nitrogens is 1. The fourth-order valence-corrected chi connectivity index (χ4v) is 3.00. The van der Waals surface area contributed by atoms with Crippen LogP contribution in [-0.2, 0) is 11.2 Å². The molecular formula is C15H20ClNO2. The minimum Gasteiger partial charge on any atom is -0.310 e. The maximum Gasteiger partial charge on any atom is 0.254 e. The summed E-state index contributed by atoms with van der Waals surface area (Å²) in [7, 11) is 0. The van der Waals surface area contributed by atoms with Gasteiger partial charge in [-0.25, -0.2) is 0 Å². The van der Waals surface area contributed by atoms with Crippen LogP contribution < -0.4 is 5.56 Å². The van der Waals surface area contributed by atoms with Crippen molar-refractivity contribution >= 4 is 16.8 Å². The quantitative estimate of drug-likeness (QED) is 0.794. The summed E-state index contributed by atoms with van der Waals surface area (Å²) in [5, 5.41) is -0.385. The Hall–Kier alpha value is -1.09. The molecule has 3 nitrogen and oxygen atoms in total. The van der Waals surface area contributed by atoms with Gasteiger partial charge in [0.05, 0.1) is 0 Å². The lowest BCUT2D eigenvalue weighted by molar-refractivity contribution is -0.111. The second-order valence-corrected chi connectivity index (χ2v) is 5.74. The molecule has 1 aromatic heterocycles. The first-order valence-electron chi connectivity index (χ1n) is 6.99. The van der Waals surface area contributed by atoms with Crippen molar-refractivity contribution in [2.45, 2.75) is 57.9 Å². The molecule has 1 aliphatic rings. The highest BCUT2D eigenvalue weighted by Gasteiger charge is 2.19. The van der Waals surface area contributed by atoms with Crippen LogP contribution in [0, 0.1) is 6.92 Å². The highest BCUT2D eigenvalue weighted by atomic mass is 35.5. The summed E-state index contributed by atoms with van der Waals surface area (Å²) in [6.07, 6.45) is 6.49. The number of hydrogen-bond donors (Lipinski definition) is 0. The van der Waals surface area contributed by atoms with E-state index in [9.17, 15) is 9.59 Å². The predicted octanol–water partition coefficient (Wildman–Crippen LogP) is 3.36. The summed E-state index contributed by atoms with van der Waals surface area (Å²) in [5.41, 5.74) is 1.77. The highest BCUT2D eigenvalue weighted by Crippen LogP contribution is 2.27. The molecule has 0 aliphatic heterocycles. The van der Waals surface area contributed by atoms with Crippen molar-refractivity contribution in [2.75, 3.05) is 0 Å². The standard InChI is InChI=1S/C15H20ClNO2/c1-11-7-8-12(9-10-14(16)18)15(19)17(11)13-5-3-2-4-6-13/h7-8,13H,2-6,9-10H2,1H3. The number of nitrogens with zero attached hydrogens (tertiary/aromatic N) is 1. The van der Waals surface area contributed by atoms with Crippen LogP contribution in [-0.4, -0.2) is 9.81 Å². The lowest BCUT2D eigenvalue weighted by atomic mass is 9.94. The molecule has 0 unspecified atom stereocenters. The van der Waals surface area contributed by atoms with Gasteiger partial charge in [-0.1, -0.05) is 25.3 Å². The van der Waals surface area contributed by atoms with E-state index >= 15 is 0 Å². The summed E-state index contributed by atoms with van der Waals surface area (Å²) in [5.74, 6) is 0. The Morgan fingerprint density at radius 2 is 2.00 bits per heavy atom. The molecule has 0 aromatic carbocycles. The Labute approximate surface area is 118 Å². The summed E-state index contributed by atoms with van der Waals surface area (Å²) in [6, 6.07) is 4.13. The van der Waals surface area contributed by atoms with Crippen molar-refractivity contribution in [1.82, 2.24) is 4.57 Å². The third-order valence-corrected chi connectivity index (χ3v) is 4.12. The van der Waals surface area contributed by atoms with Gasteiger partial charge in [0.1, 0.15) is 0 Å². The molecule has 1 aromatic rings. The van der Waals surface area contributed by atoms with Gasteiger partial charge in [-0.2, -0.15) is 0 Å². The van der Waals surface area contributed by atoms with Crippen molar-refractivity contribution in [3.8, 4) is 0 Å². The first-order chi connectivity index (χ1) is 9.09. The zero-order valence-electron chi connectivity index (χ0n) is 11.3. The van der Waals surface area contributed by atoms with Crippen LogP contribution in [0.5, 0.6) is 0 Å². The molecule has 1 fully saturated rings. The van der Waals surface area contributed by atoms with Gasteiger partial charge in [-0.3, -0.25) is 9.59 Å². The molecule has 0 radical (unpaired) electrons. The third kappa shape index (κ3) is 3.47. The van der Waals surface area contributed by atoms with Crippen molar-refractivity contribution in [3.63, 3.8) is 0 Å². The lowest BCUT2D eigenvalue weighted by Crippen LogP contribution is -2.30. The maximum atomic E-state index is 12.5. The third-order valence-electron chi connectivity index (χ3n) is 3.93. The number of aryl methyl sites for hydroxylation is 2. The second-order valence-electron chi connectivity index (χ2n) is 5.32. The van der Waals surface area contributed by atoms with Gasteiger partial charge in [0, 0.05) is 23.7 Å². The smallest absolute Gasteiger partial charge is 0.254 e. The van der Waals surface area contributed by atoms with E-state index in [1.165, 1.54) is 19.3 Å². The van der Waals surface area contributed by atoms with E-state index in [4.69, 9.17) is 11.6 Å². The molecule has 0 atom stereocenters. The molecule has 0 saturated heterocycles. The van der Waals surface area contributed by atoms with Crippen LogP contribution in [0.1, 0.15) is 55.8 Å². The van der Waals surface area contributed by atoms with Gasteiger partial charge in [-0.05, 0) is 43.9 Å². The first kappa shape index (κ1) is 14.3. The van der Waals surface area contributed by atoms with Crippen LogP contribution in [0.3, 0.4) is 0 Å². The molecule has 4 heteroatoms. The Balaban J connectivity index is 2.28. The van der Waals surface area contributed by atoms with Crippen molar-refractivity contribution in [2.24, 2.45) is 0 Å². The van der Waals surface area contributed by atoms with Crippen molar-refractivity contribution < 1.29 is 4.79 Å². The first-order valence-corrected chi connectivity index (χ1v) is 7.36. The van der Waals surface area contributed by atoms with E-state index in [-0.39, 0.29) is 17.2 Å². The number of hydrogen-bond acceptors (Lipinski definition) is 2. The van der Waals surface area contributed by atoms with Crippen LogP contribution >= 0.6 is 11.6 Å². The van der Waals surface area contributed by atoms with Gasteiger partial charge in [-0.15, -0.1) is 0 Å². The topological polar surface area (TPSA) is 39.1 Å². The Morgan fingerprint density at radius 3 is 2.63 bits per heavy atom. The van der Waals surface area contributed by atoms with Gasteiger partial charge < -0.3 is 4.57 Å². The van der Waals surface area contributed by atoms with E-state index in [0.717, 1.165) is 18.5 Å². The minimum absolute atomic E-state index is 0.0600. The monoisotopic (exact) mass is 281 g/mol. The van der Waals surface area contributed by atoms with Crippen LogP contribution in [0.2, 0.25) is 0 Å². The van der Waals surface area contributed by atoms with Crippen molar-refractivity contribution in [1.29, 1.82) is 0 Å². The summed E-state index contributed by atoms with van der Waals surface area (Å²) < 4.78 is 1.92. The number of carbonyl (C=O) groups excluding carboxylic acids is 1. The van der Waals surface area contributed by atoms with Crippen LogP contribution in [0.25, 0.3) is 0 Å². The van der Waals surface area contributed by atoms with Crippen LogP contribution in [0.15, 0.2) is 16.9 Å². The number of halogens is 1. The Bertz CT molecular complexity index is 515. The molecule has 0 amide bonds. The molecule has 0 bridgehead atoms. The average Bonchev–Trinajstić information content (AvgIpc) is 2.39. The van der Waals surface area contributed by atoms with Crippen molar-refractivity contribution in [3.05, 3.63) is 33.7 Å². The molecule has 2 rings (SSSR count). The number of carbonyl (C=O) groups is 1. The van der Waals surface area contributed by atoms with Crippen LogP contribution in [0.4, 0.5) is 0 Å². The van der Waals surface area contributed by atoms with E-state index < -0.39 is 0 Å². The molecule has 19 heavy (non-hydrogen) atoms. The lowest BCUT2D eigenvalue weighted by Gasteiger charge is -2.26. The van der Waals surface area contributed by atoms with Gasteiger partial charge in [0.25, 0.3) is 5.56 Å². The van der Waals surface area contributed by atoms with E-state index in [1.807, 2.05) is 23.6 Å². The van der Waals surface area contributed by atoms with E-state index in [2.05, 4.69) is 0 Å². The molecule has 0 spiro atoms. The number of rotatable bonds is 4. The number of pyridine rings is 1. The Morgan fingerprint density at radius 1 is 1.32 bits per heavy atom. The molecule has 1 saturated carbocycles. The minimum atomic E-state index is -0.385. The molecule has 1 aliphatic carbocycles. The van der Waals surface area contributed by atoms with Gasteiger partial charge in [0.15, 0.2) is 0 Å². The normalized spacial score (nSPS) is 16.5. The largest absolute Gasteiger partial charge is 0.310 e. The second kappa shape index (κ2) is 6.38. The molecule has 1 heterocycles. The summed E-state index contributed by atoms with van der Waals surface area (Å²) in [6.45, 7) is 1.98. The fourth-order valence-electron chi connectivity index (χ4n) is 2.90. The van der Waals surface area contributed by atoms with E-state index in [0.29, 0.717) is 18.0 Å². The maximum absolute atomic E-state index is 12.5. The zero-order valence-corrected chi connectivity index (χ0v) is 12.1. The SMILES string of the molecule is Cc1ccc(CCC(=O)Cl)c(=O)n1C1CCCCC1. The summed E-state index contributed by atoms with van der Waals surface area (Å²) >= 11 is 5.35. The Kier molecular flexibility index (Phi) is 4.81. The summed E-state index contributed by atoms with van der Waals surface area (Å²) in [4.78, 5) is 23.3. The molecule has 0 N–H and O–H groups in total. The van der Waals surface area contributed by atoms with E-state index in [1.54, 1.807) is 0 Å². The average molecular weight is 282 g/mol. The highest BCUT2D eigenvalue weighted by molar-refractivity contribution is 6.63. The molecular weight excluding hydrogens is 262 g/mol.